The molecular formula is C14H18N2O5. The predicted molar refractivity (Wildman–Crippen MR) is 76.2 cm³/mol. The van der Waals surface area contributed by atoms with Crippen molar-refractivity contribution in [2.45, 2.75) is 27.2 Å². The number of aliphatic carboxylic acids is 1. The van der Waals surface area contributed by atoms with Crippen LogP contribution in [0.3, 0.4) is 0 Å². The number of nitrogens with zero attached hydrogens (tertiary/aromatic N) is 1. The zero-order valence-corrected chi connectivity index (χ0v) is 12.2. The summed E-state index contributed by atoms with van der Waals surface area (Å²) in [7, 11) is 0. The van der Waals surface area contributed by atoms with Crippen molar-refractivity contribution in [2.24, 2.45) is 5.41 Å². The van der Waals surface area contributed by atoms with E-state index in [2.05, 4.69) is 5.32 Å². The van der Waals surface area contributed by atoms with Crippen molar-refractivity contribution in [1.29, 1.82) is 0 Å². The summed E-state index contributed by atoms with van der Waals surface area (Å²) < 4.78 is 0. The van der Waals surface area contributed by atoms with Gasteiger partial charge in [0.05, 0.1) is 10.3 Å². The molecule has 0 spiro atoms. The Morgan fingerprint density at radius 3 is 2.52 bits per heavy atom. The van der Waals surface area contributed by atoms with Gasteiger partial charge in [-0.2, -0.15) is 0 Å². The Morgan fingerprint density at radius 2 is 2.00 bits per heavy atom. The predicted octanol–water partition coefficient (Wildman–Crippen LogP) is 2.13. The molecule has 1 amide bonds. The SMILES string of the molecule is Cc1cccc(C(=O)NCCC(C)(C)C(=O)O)c1[N+](=O)[O-]. The standard InChI is InChI=1S/C14H18N2O5/c1-9-5-4-6-10(11(9)16(20)21)12(17)15-8-7-14(2,3)13(18)19/h4-6H,7-8H2,1-3H3,(H,15,17)(H,18,19). The molecule has 0 atom stereocenters. The maximum Gasteiger partial charge on any atom is 0.309 e. The van der Waals surface area contributed by atoms with Gasteiger partial charge in [-0.05, 0) is 33.3 Å². The second-order valence-corrected chi connectivity index (χ2v) is 5.42. The van der Waals surface area contributed by atoms with E-state index in [1.165, 1.54) is 6.07 Å². The highest BCUT2D eigenvalue weighted by molar-refractivity contribution is 5.98. The molecule has 0 bridgehead atoms. The number of rotatable bonds is 6. The fourth-order valence-electron chi connectivity index (χ4n) is 1.78. The molecule has 7 nitrogen and oxygen atoms in total. The first-order chi connectivity index (χ1) is 9.66. The number of carbonyl (C=O) groups excluding carboxylic acids is 1. The van der Waals surface area contributed by atoms with E-state index in [-0.39, 0.29) is 24.2 Å². The molecule has 0 saturated heterocycles. The molecule has 0 radical (unpaired) electrons. The van der Waals surface area contributed by atoms with Gasteiger partial charge in [0, 0.05) is 12.1 Å². The summed E-state index contributed by atoms with van der Waals surface area (Å²) in [6, 6.07) is 4.50. The summed E-state index contributed by atoms with van der Waals surface area (Å²) in [5.41, 5.74) is -0.814. The van der Waals surface area contributed by atoms with Gasteiger partial charge in [0.1, 0.15) is 5.56 Å². The zero-order chi connectivity index (χ0) is 16.2. The zero-order valence-electron chi connectivity index (χ0n) is 12.2. The first kappa shape index (κ1) is 16.6. The van der Waals surface area contributed by atoms with Crippen LogP contribution in [0.15, 0.2) is 18.2 Å². The third-order valence-corrected chi connectivity index (χ3v) is 3.28. The number of hydrogen-bond acceptors (Lipinski definition) is 4. The molecule has 1 rings (SSSR count). The van der Waals surface area contributed by atoms with Crippen LogP contribution in [0.1, 0.15) is 36.2 Å². The van der Waals surface area contributed by atoms with E-state index in [0.29, 0.717) is 5.56 Å². The van der Waals surface area contributed by atoms with Crippen molar-refractivity contribution in [3.8, 4) is 0 Å². The lowest BCUT2D eigenvalue weighted by Crippen LogP contribution is -2.32. The Hall–Kier alpha value is -2.44. The number of carboxylic acid groups (broad SMARTS) is 1. The van der Waals surface area contributed by atoms with Gasteiger partial charge in [-0.3, -0.25) is 19.7 Å². The summed E-state index contributed by atoms with van der Waals surface area (Å²) in [6.45, 7) is 4.79. The molecule has 0 aromatic heterocycles. The number of carbonyl (C=O) groups is 2. The Kier molecular flexibility index (Phi) is 5.02. The molecule has 114 valence electrons. The number of aryl methyl sites for hydroxylation is 1. The quantitative estimate of drug-likeness (QED) is 0.617. The van der Waals surface area contributed by atoms with Crippen LogP contribution in [0.4, 0.5) is 5.69 Å². The lowest BCUT2D eigenvalue weighted by Gasteiger charge is -2.18. The van der Waals surface area contributed by atoms with Gasteiger partial charge >= 0.3 is 5.97 Å². The van der Waals surface area contributed by atoms with Crippen molar-refractivity contribution in [3.63, 3.8) is 0 Å². The number of amides is 1. The van der Waals surface area contributed by atoms with E-state index in [1.54, 1.807) is 32.9 Å². The number of carboxylic acids is 1. The van der Waals surface area contributed by atoms with E-state index in [9.17, 15) is 19.7 Å². The summed E-state index contributed by atoms with van der Waals surface area (Å²) in [4.78, 5) is 33.4. The molecular weight excluding hydrogens is 276 g/mol. The Bertz CT molecular complexity index is 581. The third-order valence-electron chi connectivity index (χ3n) is 3.28. The fraction of sp³-hybridized carbons (Fsp3) is 0.429. The molecule has 0 heterocycles. The van der Waals surface area contributed by atoms with Crippen LogP contribution in [0, 0.1) is 22.5 Å². The van der Waals surface area contributed by atoms with Crippen molar-refractivity contribution in [2.75, 3.05) is 6.54 Å². The average molecular weight is 294 g/mol. The Balaban J connectivity index is 2.80. The maximum absolute atomic E-state index is 12.0. The van der Waals surface area contributed by atoms with Gasteiger partial charge in [-0.1, -0.05) is 12.1 Å². The number of nitro benzene ring substituents is 1. The fourth-order valence-corrected chi connectivity index (χ4v) is 1.78. The number of nitrogens with one attached hydrogen (secondary N) is 1. The molecule has 0 saturated carbocycles. The topological polar surface area (TPSA) is 110 Å². The molecule has 0 unspecified atom stereocenters. The Morgan fingerprint density at radius 1 is 1.38 bits per heavy atom. The van der Waals surface area contributed by atoms with Crippen molar-refractivity contribution in [3.05, 3.63) is 39.4 Å². The van der Waals surface area contributed by atoms with Crippen LogP contribution >= 0.6 is 0 Å². The maximum atomic E-state index is 12.0. The van der Waals surface area contributed by atoms with Crippen LogP contribution in [-0.4, -0.2) is 28.5 Å². The minimum Gasteiger partial charge on any atom is -0.481 e. The molecule has 0 aliphatic rings. The van der Waals surface area contributed by atoms with Crippen LogP contribution in [0.2, 0.25) is 0 Å². The summed E-state index contributed by atoms with van der Waals surface area (Å²) in [5.74, 6) is -1.54. The molecule has 1 aromatic rings. The molecule has 21 heavy (non-hydrogen) atoms. The lowest BCUT2D eigenvalue weighted by atomic mass is 9.89. The van der Waals surface area contributed by atoms with Crippen LogP contribution in [-0.2, 0) is 4.79 Å². The molecule has 0 aliphatic heterocycles. The molecule has 2 N–H and O–H groups in total. The number of para-hydroxylation sites is 1. The molecule has 0 aliphatic carbocycles. The van der Waals surface area contributed by atoms with E-state index >= 15 is 0 Å². The highest BCUT2D eigenvalue weighted by Gasteiger charge is 2.27. The summed E-state index contributed by atoms with van der Waals surface area (Å²) in [6.07, 6.45) is 0.230. The first-order valence-electron chi connectivity index (χ1n) is 6.42. The van der Waals surface area contributed by atoms with E-state index in [4.69, 9.17) is 5.11 Å². The third kappa shape index (κ3) is 4.01. The van der Waals surface area contributed by atoms with Crippen molar-refractivity contribution in [1.82, 2.24) is 5.32 Å². The summed E-state index contributed by atoms with van der Waals surface area (Å²) >= 11 is 0. The van der Waals surface area contributed by atoms with Crippen molar-refractivity contribution < 1.29 is 19.6 Å². The molecule has 0 fully saturated rings. The number of nitro groups is 1. The van der Waals surface area contributed by atoms with Gasteiger partial charge in [0.25, 0.3) is 11.6 Å². The molecule has 7 heteroatoms. The highest BCUT2D eigenvalue weighted by Crippen LogP contribution is 2.23. The Labute approximate surface area is 122 Å². The number of benzene rings is 1. The van der Waals surface area contributed by atoms with Gasteiger partial charge in [0.15, 0.2) is 0 Å². The molecule has 1 aromatic carbocycles. The van der Waals surface area contributed by atoms with E-state index in [1.807, 2.05) is 0 Å². The number of hydrogen-bond donors (Lipinski definition) is 2. The largest absolute Gasteiger partial charge is 0.481 e. The normalized spacial score (nSPS) is 11.0. The van der Waals surface area contributed by atoms with E-state index < -0.39 is 22.2 Å². The smallest absolute Gasteiger partial charge is 0.309 e. The second-order valence-electron chi connectivity index (χ2n) is 5.42. The first-order valence-corrected chi connectivity index (χ1v) is 6.42. The van der Waals surface area contributed by atoms with Crippen LogP contribution in [0.5, 0.6) is 0 Å². The van der Waals surface area contributed by atoms with Gasteiger partial charge in [0.2, 0.25) is 0 Å². The summed E-state index contributed by atoms with van der Waals surface area (Å²) in [5, 5.41) is 22.5. The van der Waals surface area contributed by atoms with Gasteiger partial charge in [-0.25, -0.2) is 0 Å². The van der Waals surface area contributed by atoms with Crippen molar-refractivity contribution >= 4 is 17.6 Å². The minimum absolute atomic E-state index is 0.0202. The van der Waals surface area contributed by atoms with E-state index in [0.717, 1.165) is 0 Å². The van der Waals surface area contributed by atoms with Gasteiger partial charge in [-0.15, -0.1) is 0 Å². The van der Waals surface area contributed by atoms with Gasteiger partial charge < -0.3 is 10.4 Å². The lowest BCUT2D eigenvalue weighted by molar-refractivity contribution is -0.385. The van der Waals surface area contributed by atoms with Crippen LogP contribution < -0.4 is 5.32 Å². The monoisotopic (exact) mass is 294 g/mol. The average Bonchev–Trinajstić information content (AvgIpc) is 2.37. The second kappa shape index (κ2) is 6.34. The van der Waals surface area contributed by atoms with Crippen LogP contribution in [0.25, 0.3) is 0 Å². The minimum atomic E-state index is -0.966. The highest BCUT2D eigenvalue weighted by atomic mass is 16.6.